The molecule has 0 aromatic carbocycles. The summed E-state index contributed by atoms with van der Waals surface area (Å²) >= 11 is 0. The zero-order valence-electron chi connectivity index (χ0n) is 3.94. The number of hydrogen-bond acceptors (Lipinski definition) is 1. The molecule has 0 aromatic rings. The van der Waals surface area contributed by atoms with Crippen LogP contribution in [0.25, 0.3) is 0 Å². The Kier molecular flexibility index (Phi) is 5.47. The van der Waals surface area contributed by atoms with E-state index in [0.29, 0.717) is 0 Å². The molecule has 0 unspecified atom stereocenters. The fourth-order valence-corrected chi connectivity index (χ4v) is 1.86. The van der Waals surface area contributed by atoms with Crippen molar-refractivity contribution in [2.45, 2.75) is 18.9 Å². The van der Waals surface area contributed by atoms with Gasteiger partial charge >= 0.3 is 18.9 Å². The van der Waals surface area contributed by atoms with Crippen molar-refractivity contribution in [1.82, 2.24) is 0 Å². The van der Waals surface area contributed by atoms with Crippen LogP contribution in [0.15, 0.2) is 0 Å². The van der Waals surface area contributed by atoms with Gasteiger partial charge in [-0.25, -0.2) is 0 Å². The molecule has 0 N–H and O–H groups in total. The van der Waals surface area contributed by atoms with E-state index in [1.165, 1.54) is 18.9 Å². The summed E-state index contributed by atoms with van der Waals surface area (Å²) in [7, 11) is 0.00849. The Morgan fingerprint density at radius 1 is 1.29 bits per heavy atom. The third-order valence-electron chi connectivity index (χ3n) is 1.08. The van der Waals surface area contributed by atoms with Crippen molar-refractivity contribution in [3.63, 3.8) is 0 Å². The van der Waals surface area contributed by atoms with Crippen LogP contribution in [-0.4, -0.2) is 35.2 Å². The van der Waals surface area contributed by atoms with E-state index in [0.717, 1.165) is 6.61 Å². The summed E-state index contributed by atoms with van der Waals surface area (Å²) in [5.74, 6) is 0. The minimum atomic E-state index is 0. The average Bonchev–Trinajstić information content (AvgIpc) is 1.72. The molecule has 1 fully saturated rings. The molecule has 1 saturated heterocycles. The molecule has 38 valence electrons. The molecule has 7 heavy (non-hydrogen) atoms. The zero-order chi connectivity index (χ0) is 4.24. The Morgan fingerprint density at radius 3 is 2.29 bits per heavy atom. The molecule has 0 aromatic heterocycles. The summed E-state index contributed by atoms with van der Waals surface area (Å²) in [5.41, 5.74) is 0. The third kappa shape index (κ3) is 3.36. The van der Waals surface area contributed by atoms with E-state index in [2.05, 4.69) is 0 Å². The molecule has 1 aliphatic rings. The quantitative estimate of drug-likeness (QED) is 0.387. The first-order chi connectivity index (χ1) is 3.00. The van der Waals surface area contributed by atoms with E-state index in [4.69, 9.17) is 4.43 Å². The SMILES string of the molecule is C1CC[SiH2]OC1.[LiH]. The third-order valence-corrected chi connectivity index (χ3v) is 2.44. The summed E-state index contributed by atoms with van der Waals surface area (Å²) in [5, 5.41) is 0. The predicted octanol–water partition coefficient (Wildman–Crippen LogP) is -0.350. The van der Waals surface area contributed by atoms with Gasteiger partial charge in [-0.05, 0) is 12.5 Å². The van der Waals surface area contributed by atoms with Gasteiger partial charge < -0.3 is 4.43 Å². The van der Waals surface area contributed by atoms with Gasteiger partial charge in [0.1, 0.15) is 0 Å². The molecule has 3 heteroatoms. The first-order valence-corrected chi connectivity index (χ1v) is 4.15. The Balaban J connectivity index is 0.000000360. The molecule has 1 aliphatic heterocycles. The molecule has 1 nitrogen and oxygen atoms in total. The Hall–Kier alpha value is 0.774. The van der Waals surface area contributed by atoms with Gasteiger partial charge in [-0.3, -0.25) is 0 Å². The van der Waals surface area contributed by atoms with Gasteiger partial charge in [0.05, 0.1) is 0 Å². The van der Waals surface area contributed by atoms with Gasteiger partial charge in [-0.1, -0.05) is 6.42 Å². The second-order valence-electron chi connectivity index (χ2n) is 1.67. The van der Waals surface area contributed by atoms with Gasteiger partial charge in [0.15, 0.2) is 9.76 Å². The molecule has 1 rings (SSSR count). The van der Waals surface area contributed by atoms with Crippen LogP contribution in [0.2, 0.25) is 6.04 Å². The maximum absolute atomic E-state index is 5.21. The van der Waals surface area contributed by atoms with E-state index in [9.17, 15) is 0 Å². The molecule has 1 heterocycles. The Labute approximate surface area is 58.9 Å². The van der Waals surface area contributed by atoms with Crippen LogP contribution >= 0.6 is 0 Å². The topological polar surface area (TPSA) is 9.23 Å². The summed E-state index contributed by atoms with van der Waals surface area (Å²) in [6.45, 7) is 1.06. The molecule has 0 aliphatic carbocycles. The van der Waals surface area contributed by atoms with Crippen LogP contribution in [0.4, 0.5) is 0 Å². The van der Waals surface area contributed by atoms with Crippen molar-refractivity contribution < 1.29 is 4.43 Å². The normalized spacial score (nSPS) is 24.0. The molecule has 0 spiro atoms. The second-order valence-corrected chi connectivity index (χ2v) is 3.20. The molecule has 0 atom stereocenters. The first-order valence-electron chi connectivity index (χ1n) is 2.58. The zero-order valence-corrected chi connectivity index (χ0v) is 5.36. The van der Waals surface area contributed by atoms with Gasteiger partial charge in [0, 0.05) is 6.61 Å². The summed E-state index contributed by atoms with van der Waals surface area (Å²) in [6.07, 6.45) is 2.75. The molecule has 0 amide bonds. The van der Waals surface area contributed by atoms with E-state index < -0.39 is 0 Å². The summed E-state index contributed by atoms with van der Waals surface area (Å²) < 4.78 is 5.21. The fourth-order valence-electron chi connectivity index (χ4n) is 0.687. The molecule has 0 bridgehead atoms. The minimum absolute atomic E-state index is 0. The van der Waals surface area contributed by atoms with Gasteiger partial charge in [0.25, 0.3) is 0 Å². The predicted molar refractivity (Wildman–Crippen MR) is 35.7 cm³/mol. The molecular formula is C4H11LiOSi. The average molecular weight is 110 g/mol. The first kappa shape index (κ1) is 7.77. The Morgan fingerprint density at radius 2 is 2.14 bits per heavy atom. The van der Waals surface area contributed by atoms with Crippen molar-refractivity contribution >= 4 is 28.6 Å². The molecule has 0 radical (unpaired) electrons. The van der Waals surface area contributed by atoms with E-state index >= 15 is 0 Å². The van der Waals surface area contributed by atoms with Crippen LogP contribution < -0.4 is 0 Å². The van der Waals surface area contributed by atoms with Crippen LogP contribution in [0, 0.1) is 0 Å². The van der Waals surface area contributed by atoms with Crippen LogP contribution in [0.1, 0.15) is 12.8 Å². The van der Waals surface area contributed by atoms with Crippen LogP contribution in [-0.2, 0) is 4.43 Å². The summed E-state index contributed by atoms with van der Waals surface area (Å²) in [6, 6.07) is 1.42. The standard InChI is InChI=1S/C4H10OSi.Li.H/c1-2-4-6-5-3-1;;/h1-4,6H2;;. The van der Waals surface area contributed by atoms with Crippen molar-refractivity contribution in [2.75, 3.05) is 6.61 Å². The van der Waals surface area contributed by atoms with Crippen molar-refractivity contribution in [1.29, 1.82) is 0 Å². The van der Waals surface area contributed by atoms with Crippen LogP contribution in [0.3, 0.4) is 0 Å². The second kappa shape index (κ2) is 4.92. The van der Waals surface area contributed by atoms with E-state index in [-0.39, 0.29) is 28.6 Å². The van der Waals surface area contributed by atoms with Crippen molar-refractivity contribution in [2.24, 2.45) is 0 Å². The van der Waals surface area contributed by atoms with Crippen molar-refractivity contribution in [3.8, 4) is 0 Å². The maximum atomic E-state index is 5.21. The number of hydrogen-bond donors (Lipinski definition) is 0. The Bertz CT molecular complexity index is 27.2. The monoisotopic (exact) mass is 110 g/mol. The summed E-state index contributed by atoms with van der Waals surface area (Å²) in [4.78, 5) is 0. The van der Waals surface area contributed by atoms with Gasteiger partial charge in [0.2, 0.25) is 0 Å². The molecular weight excluding hydrogens is 99.1 g/mol. The van der Waals surface area contributed by atoms with Gasteiger partial charge in [-0.2, -0.15) is 0 Å². The number of rotatable bonds is 0. The van der Waals surface area contributed by atoms with E-state index in [1.54, 1.807) is 0 Å². The molecule has 0 saturated carbocycles. The van der Waals surface area contributed by atoms with Crippen LogP contribution in [0.5, 0.6) is 0 Å². The van der Waals surface area contributed by atoms with E-state index in [1.807, 2.05) is 0 Å². The van der Waals surface area contributed by atoms with Crippen molar-refractivity contribution in [3.05, 3.63) is 0 Å². The fraction of sp³-hybridized carbons (Fsp3) is 1.00. The van der Waals surface area contributed by atoms with Gasteiger partial charge in [-0.15, -0.1) is 0 Å².